The van der Waals surface area contributed by atoms with Crippen molar-refractivity contribution in [1.82, 2.24) is 15.1 Å². The molecule has 0 bridgehead atoms. The van der Waals surface area contributed by atoms with E-state index in [2.05, 4.69) is 26.3 Å². The molecule has 17 heavy (non-hydrogen) atoms. The smallest absolute Gasteiger partial charge is 0.388 e. The number of aliphatic hydroxyl groups is 1. The summed E-state index contributed by atoms with van der Waals surface area (Å²) < 4.78 is 1.76. The van der Waals surface area contributed by atoms with Crippen LogP contribution in [0.5, 0.6) is 0 Å². The van der Waals surface area contributed by atoms with Crippen LogP contribution in [0.2, 0.25) is 0 Å². The molecule has 1 aliphatic heterocycles. The molecule has 1 aliphatic rings. The van der Waals surface area contributed by atoms with Crippen LogP contribution in [0.4, 0.5) is 5.82 Å². The van der Waals surface area contributed by atoms with Crippen LogP contribution >= 0.6 is 15.9 Å². The molecule has 1 aromatic rings. The summed E-state index contributed by atoms with van der Waals surface area (Å²) >= 11 is 3.08. The number of hydrogen-bond donors (Lipinski definition) is 2. The van der Waals surface area contributed by atoms with Crippen molar-refractivity contribution in [3.8, 4) is 0 Å². The van der Waals surface area contributed by atoms with Crippen molar-refractivity contribution < 1.29 is 10.0 Å². The van der Waals surface area contributed by atoms with E-state index in [9.17, 15) is 15.2 Å². The standard InChI is InChI=1S/C9H13BrN4O3/c10-7-5-13(12-8(7)14(16)17)6-9(15)1-3-11-4-2-9/h5,11,15H,1-4,6H2. The lowest BCUT2D eigenvalue weighted by molar-refractivity contribution is -0.390. The Balaban J connectivity index is 2.13. The topological polar surface area (TPSA) is 93.2 Å². The van der Waals surface area contributed by atoms with E-state index in [0.717, 1.165) is 13.1 Å². The molecule has 1 fully saturated rings. The molecule has 2 N–H and O–H groups in total. The Kier molecular flexibility index (Phi) is 3.45. The highest BCUT2D eigenvalue weighted by Crippen LogP contribution is 2.25. The Bertz CT molecular complexity index is 428. The summed E-state index contributed by atoms with van der Waals surface area (Å²) in [5, 5.41) is 27.9. The largest absolute Gasteiger partial charge is 0.404 e. The Morgan fingerprint density at radius 2 is 2.29 bits per heavy atom. The molecule has 0 aliphatic carbocycles. The van der Waals surface area contributed by atoms with Crippen LogP contribution in [0.1, 0.15) is 12.8 Å². The van der Waals surface area contributed by atoms with E-state index in [1.54, 1.807) is 0 Å². The SMILES string of the molecule is O=[N+]([O-])c1nn(CC2(O)CCNCC2)cc1Br. The van der Waals surface area contributed by atoms with E-state index >= 15 is 0 Å². The van der Waals surface area contributed by atoms with Gasteiger partial charge in [-0.2, -0.15) is 4.68 Å². The number of rotatable bonds is 3. The molecule has 7 nitrogen and oxygen atoms in total. The predicted molar refractivity (Wildman–Crippen MR) is 63.6 cm³/mol. The van der Waals surface area contributed by atoms with Gasteiger partial charge in [-0.1, -0.05) is 0 Å². The zero-order valence-corrected chi connectivity index (χ0v) is 10.7. The maximum absolute atomic E-state index is 10.6. The van der Waals surface area contributed by atoms with Crippen molar-refractivity contribution >= 4 is 21.7 Å². The first-order chi connectivity index (χ1) is 8.00. The molecule has 0 radical (unpaired) electrons. The van der Waals surface area contributed by atoms with E-state index < -0.39 is 10.5 Å². The highest BCUT2D eigenvalue weighted by molar-refractivity contribution is 9.10. The van der Waals surface area contributed by atoms with Crippen molar-refractivity contribution in [2.24, 2.45) is 0 Å². The lowest BCUT2D eigenvalue weighted by Crippen LogP contribution is -2.44. The van der Waals surface area contributed by atoms with E-state index in [1.165, 1.54) is 10.9 Å². The van der Waals surface area contributed by atoms with Gasteiger partial charge in [0.15, 0.2) is 0 Å². The summed E-state index contributed by atoms with van der Waals surface area (Å²) in [5.41, 5.74) is -0.829. The fourth-order valence-corrected chi connectivity index (χ4v) is 2.40. The molecular formula is C9H13BrN4O3. The van der Waals surface area contributed by atoms with Crippen molar-refractivity contribution in [1.29, 1.82) is 0 Å². The molecule has 1 aromatic heterocycles. The molecule has 0 saturated carbocycles. The van der Waals surface area contributed by atoms with Crippen LogP contribution in [0.15, 0.2) is 10.7 Å². The summed E-state index contributed by atoms with van der Waals surface area (Å²) in [4.78, 5) is 10.1. The summed E-state index contributed by atoms with van der Waals surface area (Å²) in [6, 6.07) is 0. The van der Waals surface area contributed by atoms with Crippen molar-refractivity contribution in [3.63, 3.8) is 0 Å². The molecule has 0 atom stereocenters. The van der Waals surface area contributed by atoms with Crippen molar-refractivity contribution in [3.05, 3.63) is 20.8 Å². The number of nitrogens with zero attached hydrogens (tertiary/aromatic N) is 3. The van der Waals surface area contributed by atoms with Crippen LogP contribution < -0.4 is 5.32 Å². The first-order valence-corrected chi connectivity index (χ1v) is 6.10. The van der Waals surface area contributed by atoms with Crippen molar-refractivity contribution in [2.45, 2.75) is 25.0 Å². The molecule has 0 spiro atoms. The number of halogens is 1. The fraction of sp³-hybridized carbons (Fsp3) is 0.667. The molecular weight excluding hydrogens is 292 g/mol. The second kappa shape index (κ2) is 4.71. The van der Waals surface area contributed by atoms with Crippen LogP contribution in [-0.2, 0) is 6.54 Å². The molecule has 2 rings (SSSR count). The average Bonchev–Trinajstić information content (AvgIpc) is 2.59. The Labute approximate surface area is 106 Å². The number of piperidine rings is 1. The number of aromatic nitrogens is 2. The quantitative estimate of drug-likeness (QED) is 0.632. The normalized spacial score (nSPS) is 19.2. The van der Waals surface area contributed by atoms with E-state index in [1.807, 2.05) is 0 Å². The van der Waals surface area contributed by atoms with Gasteiger partial charge in [-0.05, 0) is 46.8 Å². The van der Waals surface area contributed by atoms with Gasteiger partial charge in [0.25, 0.3) is 0 Å². The maximum Gasteiger partial charge on any atom is 0.404 e. The Morgan fingerprint density at radius 1 is 1.65 bits per heavy atom. The predicted octanol–water partition coefficient (Wildman–Crippen LogP) is 0.668. The number of nitrogens with one attached hydrogen (secondary N) is 1. The van der Waals surface area contributed by atoms with Crippen LogP contribution in [-0.4, -0.2) is 38.5 Å². The zero-order chi connectivity index (χ0) is 12.5. The lowest BCUT2D eigenvalue weighted by atomic mass is 9.92. The van der Waals surface area contributed by atoms with Gasteiger partial charge in [-0.25, -0.2) is 0 Å². The van der Waals surface area contributed by atoms with Gasteiger partial charge in [0, 0.05) is 0 Å². The minimum absolute atomic E-state index is 0.220. The van der Waals surface area contributed by atoms with Crippen LogP contribution in [0.3, 0.4) is 0 Å². The first-order valence-electron chi connectivity index (χ1n) is 5.31. The summed E-state index contributed by atoms with van der Waals surface area (Å²) in [6.45, 7) is 1.78. The van der Waals surface area contributed by atoms with Gasteiger partial charge in [0.05, 0.1) is 23.4 Å². The molecule has 1 saturated heterocycles. The molecule has 8 heteroatoms. The lowest BCUT2D eigenvalue weighted by Gasteiger charge is -2.31. The zero-order valence-electron chi connectivity index (χ0n) is 9.10. The van der Waals surface area contributed by atoms with Gasteiger partial charge in [-0.3, -0.25) is 0 Å². The van der Waals surface area contributed by atoms with Gasteiger partial charge in [0.2, 0.25) is 0 Å². The van der Waals surface area contributed by atoms with Gasteiger partial charge >= 0.3 is 5.82 Å². The van der Waals surface area contributed by atoms with Crippen LogP contribution in [0, 0.1) is 10.1 Å². The highest BCUT2D eigenvalue weighted by atomic mass is 79.9. The van der Waals surface area contributed by atoms with Crippen LogP contribution in [0.25, 0.3) is 0 Å². The van der Waals surface area contributed by atoms with Gasteiger partial charge in [0.1, 0.15) is 4.47 Å². The van der Waals surface area contributed by atoms with E-state index in [0.29, 0.717) is 17.3 Å². The van der Waals surface area contributed by atoms with E-state index in [4.69, 9.17) is 0 Å². The minimum atomic E-state index is -0.829. The third-order valence-corrected chi connectivity index (χ3v) is 3.42. The van der Waals surface area contributed by atoms with Gasteiger partial charge in [-0.15, -0.1) is 0 Å². The van der Waals surface area contributed by atoms with Gasteiger partial charge < -0.3 is 20.5 Å². The highest BCUT2D eigenvalue weighted by Gasteiger charge is 2.32. The van der Waals surface area contributed by atoms with E-state index in [-0.39, 0.29) is 12.4 Å². The third-order valence-electron chi connectivity index (χ3n) is 2.86. The number of nitro groups is 1. The molecule has 94 valence electrons. The second-order valence-electron chi connectivity index (χ2n) is 4.23. The Morgan fingerprint density at radius 3 is 2.82 bits per heavy atom. The maximum atomic E-state index is 10.6. The fourth-order valence-electron chi connectivity index (χ4n) is 1.94. The monoisotopic (exact) mass is 304 g/mol. The summed E-state index contributed by atoms with van der Waals surface area (Å²) in [7, 11) is 0. The minimum Gasteiger partial charge on any atom is -0.388 e. The Hall–Kier alpha value is -0.990. The average molecular weight is 305 g/mol. The second-order valence-corrected chi connectivity index (χ2v) is 5.08. The molecule has 2 heterocycles. The summed E-state index contributed by atoms with van der Waals surface area (Å²) in [6.07, 6.45) is 2.77. The number of hydrogen-bond acceptors (Lipinski definition) is 5. The third kappa shape index (κ3) is 2.82. The molecule has 0 unspecified atom stereocenters. The first kappa shape index (κ1) is 12.5. The molecule has 0 amide bonds. The summed E-state index contributed by atoms with van der Waals surface area (Å²) in [5.74, 6) is -0.220. The molecule has 0 aromatic carbocycles. The van der Waals surface area contributed by atoms with Crippen molar-refractivity contribution in [2.75, 3.05) is 13.1 Å².